The van der Waals surface area contributed by atoms with Gasteiger partial charge in [0.1, 0.15) is 0 Å². The molecule has 0 aliphatic carbocycles. The summed E-state index contributed by atoms with van der Waals surface area (Å²) >= 11 is 0. The van der Waals surface area contributed by atoms with Crippen LogP contribution >= 0.6 is 0 Å². The zero-order valence-corrected chi connectivity index (χ0v) is 14.2. The van der Waals surface area contributed by atoms with E-state index in [2.05, 4.69) is 40.5 Å². The molecule has 1 aromatic carbocycles. The quantitative estimate of drug-likeness (QED) is 0.924. The lowest BCUT2D eigenvalue weighted by atomic mass is 9.96. The third kappa shape index (κ3) is 4.33. The molecular weight excluding hydrogens is 286 g/mol. The molecule has 0 bridgehead atoms. The van der Waals surface area contributed by atoms with Crippen LogP contribution in [0.2, 0.25) is 0 Å². The predicted molar refractivity (Wildman–Crippen MR) is 93.1 cm³/mol. The Morgan fingerprint density at radius 2 is 1.96 bits per heavy atom. The summed E-state index contributed by atoms with van der Waals surface area (Å²) < 4.78 is 0. The van der Waals surface area contributed by atoms with Gasteiger partial charge in [-0.05, 0) is 37.8 Å². The van der Waals surface area contributed by atoms with Gasteiger partial charge >= 0.3 is 0 Å². The number of hydrogen-bond acceptors (Lipinski definition) is 3. The standard InChI is InChI=1S/C19H29N3O/c1-21(19(23)17-8-5-11-20-14-17)18-9-12-22(13-10-18)15-16-6-3-2-4-7-16/h2-4,6-7,17-18,20H,5,8-15H2,1H3/t17-/m1/s1. The Kier molecular flexibility index (Phi) is 5.68. The van der Waals surface area contributed by atoms with Crippen LogP contribution in [0.5, 0.6) is 0 Å². The smallest absolute Gasteiger partial charge is 0.226 e. The van der Waals surface area contributed by atoms with E-state index in [9.17, 15) is 4.79 Å². The van der Waals surface area contributed by atoms with Gasteiger partial charge < -0.3 is 10.2 Å². The molecule has 2 fully saturated rings. The minimum Gasteiger partial charge on any atom is -0.342 e. The average Bonchev–Trinajstić information content (AvgIpc) is 2.63. The van der Waals surface area contributed by atoms with Gasteiger partial charge in [-0.15, -0.1) is 0 Å². The van der Waals surface area contributed by atoms with Crippen LogP contribution in [0.3, 0.4) is 0 Å². The van der Waals surface area contributed by atoms with Crippen molar-refractivity contribution in [2.45, 2.75) is 38.3 Å². The van der Waals surface area contributed by atoms with Crippen LogP contribution in [-0.4, -0.2) is 55.0 Å². The summed E-state index contributed by atoms with van der Waals surface area (Å²) in [6.45, 7) is 5.11. The lowest BCUT2D eigenvalue weighted by Gasteiger charge is -2.38. The minimum absolute atomic E-state index is 0.191. The number of carbonyl (C=O) groups excluding carboxylic acids is 1. The van der Waals surface area contributed by atoms with Crippen molar-refractivity contribution in [3.05, 3.63) is 35.9 Å². The second kappa shape index (κ2) is 7.93. The molecule has 2 saturated heterocycles. The number of nitrogens with zero attached hydrogens (tertiary/aromatic N) is 2. The Balaban J connectivity index is 1.47. The van der Waals surface area contributed by atoms with Gasteiger partial charge in [-0.25, -0.2) is 0 Å². The van der Waals surface area contributed by atoms with Crippen LogP contribution in [0.4, 0.5) is 0 Å². The molecule has 0 aromatic heterocycles. The highest BCUT2D eigenvalue weighted by molar-refractivity contribution is 5.79. The van der Waals surface area contributed by atoms with Gasteiger partial charge in [0, 0.05) is 39.3 Å². The van der Waals surface area contributed by atoms with E-state index in [0.29, 0.717) is 11.9 Å². The fraction of sp³-hybridized carbons (Fsp3) is 0.632. The zero-order chi connectivity index (χ0) is 16.1. The minimum atomic E-state index is 0.191. The second-order valence-corrected chi connectivity index (χ2v) is 6.99. The van der Waals surface area contributed by atoms with Crippen molar-refractivity contribution in [1.29, 1.82) is 0 Å². The molecule has 2 aliphatic rings. The molecule has 2 aliphatic heterocycles. The first-order valence-electron chi connectivity index (χ1n) is 8.97. The average molecular weight is 315 g/mol. The van der Waals surface area contributed by atoms with E-state index >= 15 is 0 Å². The molecule has 0 spiro atoms. The lowest BCUT2D eigenvalue weighted by molar-refractivity contribution is -0.137. The van der Waals surface area contributed by atoms with E-state index in [4.69, 9.17) is 0 Å². The molecule has 1 N–H and O–H groups in total. The second-order valence-electron chi connectivity index (χ2n) is 6.99. The maximum Gasteiger partial charge on any atom is 0.226 e. The predicted octanol–water partition coefficient (Wildman–Crippen LogP) is 2.11. The van der Waals surface area contributed by atoms with Crippen molar-refractivity contribution < 1.29 is 4.79 Å². The Hall–Kier alpha value is -1.39. The highest BCUT2D eigenvalue weighted by Gasteiger charge is 2.30. The molecule has 4 nitrogen and oxygen atoms in total. The summed E-state index contributed by atoms with van der Waals surface area (Å²) in [4.78, 5) is 17.2. The van der Waals surface area contributed by atoms with Crippen LogP contribution in [-0.2, 0) is 11.3 Å². The van der Waals surface area contributed by atoms with E-state index < -0.39 is 0 Å². The van der Waals surface area contributed by atoms with Crippen LogP contribution < -0.4 is 5.32 Å². The molecule has 4 heteroatoms. The van der Waals surface area contributed by atoms with Crippen molar-refractivity contribution in [2.75, 3.05) is 33.2 Å². The zero-order valence-electron chi connectivity index (χ0n) is 14.2. The van der Waals surface area contributed by atoms with Crippen LogP contribution in [0.15, 0.2) is 30.3 Å². The monoisotopic (exact) mass is 315 g/mol. The number of carbonyl (C=O) groups is 1. The fourth-order valence-electron chi connectivity index (χ4n) is 3.84. The summed E-state index contributed by atoms with van der Waals surface area (Å²) in [5.41, 5.74) is 1.38. The first-order chi connectivity index (χ1) is 11.2. The highest BCUT2D eigenvalue weighted by atomic mass is 16.2. The van der Waals surface area contributed by atoms with Gasteiger partial charge in [-0.3, -0.25) is 9.69 Å². The molecule has 1 atom stereocenters. The van der Waals surface area contributed by atoms with E-state index in [1.807, 2.05) is 11.9 Å². The third-order valence-corrected chi connectivity index (χ3v) is 5.35. The number of nitrogens with one attached hydrogen (secondary N) is 1. The van der Waals surface area contributed by atoms with Crippen molar-refractivity contribution in [3.8, 4) is 0 Å². The third-order valence-electron chi connectivity index (χ3n) is 5.35. The Bertz CT molecular complexity index is 491. The topological polar surface area (TPSA) is 35.6 Å². The highest BCUT2D eigenvalue weighted by Crippen LogP contribution is 2.21. The summed E-state index contributed by atoms with van der Waals surface area (Å²) in [7, 11) is 2.01. The first kappa shape index (κ1) is 16.5. The number of benzene rings is 1. The van der Waals surface area contributed by atoms with E-state index in [1.165, 1.54) is 5.56 Å². The molecule has 3 rings (SSSR count). The number of rotatable bonds is 4. The molecule has 0 unspecified atom stereocenters. The number of piperidine rings is 2. The summed E-state index contributed by atoms with van der Waals surface area (Å²) in [6, 6.07) is 11.1. The van der Waals surface area contributed by atoms with Crippen molar-refractivity contribution in [3.63, 3.8) is 0 Å². The number of amides is 1. The van der Waals surface area contributed by atoms with Gasteiger partial charge in [0.25, 0.3) is 0 Å². The SMILES string of the molecule is CN(C(=O)[C@@H]1CCCNC1)C1CCN(Cc2ccccc2)CC1. The number of likely N-dealkylation sites (tertiary alicyclic amines) is 1. The van der Waals surface area contributed by atoms with Crippen molar-refractivity contribution in [1.82, 2.24) is 15.1 Å². The Labute approximate surface area is 139 Å². The van der Waals surface area contributed by atoms with Crippen LogP contribution in [0, 0.1) is 5.92 Å². The summed E-state index contributed by atoms with van der Waals surface area (Å²) in [5.74, 6) is 0.537. The Morgan fingerprint density at radius 3 is 2.61 bits per heavy atom. The lowest BCUT2D eigenvalue weighted by Crippen LogP contribution is -2.49. The van der Waals surface area contributed by atoms with Gasteiger partial charge in [-0.2, -0.15) is 0 Å². The molecular formula is C19H29N3O. The van der Waals surface area contributed by atoms with Gasteiger partial charge in [0.15, 0.2) is 0 Å². The maximum atomic E-state index is 12.6. The molecule has 1 aromatic rings. The molecule has 1 amide bonds. The normalized spacial score (nSPS) is 23.6. The van der Waals surface area contributed by atoms with Crippen molar-refractivity contribution >= 4 is 5.91 Å². The molecule has 126 valence electrons. The largest absolute Gasteiger partial charge is 0.342 e. The van der Waals surface area contributed by atoms with E-state index in [1.54, 1.807) is 0 Å². The van der Waals surface area contributed by atoms with Crippen molar-refractivity contribution in [2.24, 2.45) is 5.92 Å². The fourth-order valence-corrected chi connectivity index (χ4v) is 3.84. The van der Waals surface area contributed by atoms with Gasteiger partial charge in [0.05, 0.1) is 5.92 Å². The van der Waals surface area contributed by atoms with Crippen LogP contribution in [0.1, 0.15) is 31.2 Å². The summed E-state index contributed by atoms with van der Waals surface area (Å²) in [5, 5.41) is 3.35. The van der Waals surface area contributed by atoms with Gasteiger partial charge in [-0.1, -0.05) is 30.3 Å². The maximum absolute atomic E-state index is 12.6. The van der Waals surface area contributed by atoms with E-state index in [0.717, 1.165) is 58.4 Å². The number of hydrogen-bond donors (Lipinski definition) is 1. The van der Waals surface area contributed by atoms with E-state index in [-0.39, 0.29) is 5.92 Å². The first-order valence-corrected chi connectivity index (χ1v) is 8.97. The summed E-state index contributed by atoms with van der Waals surface area (Å²) in [6.07, 6.45) is 4.35. The molecule has 2 heterocycles. The molecule has 0 saturated carbocycles. The molecule has 23 heavy (non-hydrogen) atoms. The molecule has 0 radical (unpaired) electrons. The Morgan fingerprint density at radius 1 is 1.22 bits per heavy atom. The van der Waals surface area contributed by atoms with Gasteiger partial charge in [0.2, 0.25) is 5.91 Å². The van der Waals surface area contributed by atoms with Crippen LogP contribution in [0.25, 0.3) is 0 Å².